The van der Waals surface area contributed by atoms with Gasteiger partial charge in [-0.3, -0.25) is 4.79 Å². The molecule has 2 unspecified atom stereocenters. The van der Waals surface area contributed by atoms with E-state index in [9.17, 15) is 22.8 Å². The minimum atomic E-state index is -4.52. The van der Waals surface area contributed by atoms with Gasteiger partial charge in [-0.1, -0.05) is 20.3 Å². The standard InChI is InChI=1S/C14H17F3N2O4/c1-3-8(2)11(13(21)22)19-12(20)9-4-5-18-10(6-9)23-7-14(15,16)17/h4-6,8,11H,3,7H2,1-2H3,(H,19,20)(H,21,22). The van der Waals surface area contributed by atoms with Crippen LogP contribution in [0.4, 0.5) is 13.2 Å². The average molecular weight is 334 g/mol. The smallest absolute Gasteiger partial charge is 0.422 e. The van der Waals surface area contributed by atoms with Crippen molar-refractivity contribution in [2.45, 2.75) is 32.5 Å². The monoisotopic (exact) mass is 334 g/mol. The Bertz CT molecular complexity index is 563. The number of carbonyl (C=O) groups is 2. The van der Waals surface area contributed by atoms with Gasteiger partial charge in [0.2, 0.25) is 5.88 Å². The van der Waals surface area contributed by atoms with Crippen LogP contribution in [0.25, 0.3) is 0 Å². The fourth-order valence-corrected chi connectivity index (χ4v) is 1.69. The number of hydrogen-bond acceptors (Lipinski definition) is 4. The number of carboxylic acid groups (broad SMARTS) is 1. The molecule has 0 aliphatic rings. The molecule has 0 aliphatic carbocycles. The van der Waals surface area contributed by atoms with Gasteiger partial charge in [-0.25, -0.2) is 9.78 Å². The van der Waals surface area contributed by atoms with Crippen LogP contribution in [0.1, 0.15) is 30.6 Å². The SMILES string of the molecule is CCC(C)C(NC(=O)c1ccnc(OCC(F)(F)F)c1)C(=O)O. The molecule has 128 valence electrons. The second-order valence-corrected chi connectivity index (χ2v) is 4.96. The predicted molar refractivity (Wildman–Crippen MR) is 74.1 cm³/mol. The van der Waals surface area contributed by atoms with Gasteiger partial charge in [0.15, 0.2) is 6.61 Å². The Labute approximate surface area is 130 Å². The van der Waals surface area contributed by atoms with Gasteiger partial charge in [-0.2, -0.15) is 13.2 Å². The third-order valence-corrected chi connectivity index (χ3v) is 3.15. The van der Waals surface area contributed by atoms with Crippen molar-refractivity contribution < 1.29 is 32.6 Å². The summed E-state index contributed by atoms with van der Waals surface area (Å²) in [6.45, 7) is 1.92. The number of alkyl halides is 3. The van der Waals surface area contributed by atoms with Gasteiger partial charge in [-0.15, -0.1) is 0 Å². The summed E-state index contributed by atoms with van der Waals surface area (Å²) in [7, 11) is 0. The molecule has 0 bridgehead atoms. The van der Waals surface area contributed by atoms with Crippen molar-refractivity contribution in [3.05, 3.63) is 23.9 Å². The molecule has 2 N–H and O–H groups in total. The first-order valence-corrected chi connectivity index (χ1v) is 6.83. The van der Waals surface area contributed by atoms with Gasteiger partial charge in [-0.05, 0) is 12.0 Å². The first-order chi connectivity index (χ1) is 10.6. The molecule has 0 aliphatic heterocycles. The molecule has 0 spiro atoms. The Hall–Kier alpha value is -2.32. The van der Waals surface area contributed by atoms with Crippen molar-refractivity contribution >= 4 is 11.9 Å². The third kappa shape index (κ3) is 6.13. The van der Waals surface area contributed by atoms with Crippen molar-refractivity contribution in [2.75, 3.05) is 6.61 Å². The lowest BCUT2D eigenvalue weighted by Crippen LogP contribution is -2.45. The number of amides is 1. The van der Waals surface area contributed by atoms with Crippen LogP contribution in [0.2, 0.25) is 0 Å². The van der Waals surface area contributed by atoms with Gasteiger partial charge in [0.1, 0.15) is 6.04 Å². The number of halogens is 3. The van der Waals surface area contributed by atoms with E-state index in [1.165, 1.54) is 6.07 Å². The second-order valence-electron chi connectivity index (χ2n) is 4.96. The lowest BCUT2D eigenvalue weighted by Gasteiger charge is -2.20. The zero-order valence-electron chi connectivity index (χ0n) is 12.6. The predicted octanol–water partition coefficient (Wildman–Crippen LogP) is 2.25. The van der Waals surface area contributed by atoms with E-state index in [0.29, 0.717) is 6.42 Å². The summed E-state index contributed by atoms with van der Waals surface area (Å²) in [5, 5.41) is 11.5. The molecule has 0 saturated carbocycles. The summed E-state index contributed by atoms with van der Waals surface area (Å²) >= 11 is 0. The van der Waals surface area contributed by atoms with Crippen LogP contribution in [0.3, 0.4) is 0 Å². The molecule has 2 atom stereocenters. The van der Waals surface area contributed by atoms with E-state index in [1.807, 2.05) is 0 Å². The van der Waals surface area contributed by atoms with Crippen LogP contribution in [0.15, 0.2) is 18.3 Å². The topological polar surface area (TPSA) is 88.5 Å². The lowest BCUT2D eigenvalue weighted by atomic mass is 9.99. The summed E-state index contributed by atoms with van der Waals surface area (Å²) < 4.78 is 40.7. The number of rotatable bonds is 7. The molecule has 0 saturated heterocycles. The van der Waals surface area contributed by atoms with E-state index in [2.05, 4.69) is 15.0 Å². The summed E-state index contributed by atoms with van der Waals surface area (Å²) in [6.07, 6.45) is -2.88. The maximum absolute atomic E-state index is 12.1. The van der Waals surface area contributed by atoms with Crippen LogP contribution in [-0.2, 0) is 4.79 Å². The van der Waals surface area contributed by atoms with Gasteiger partial charge < -0.3 is 15.2 Å². The number of ether oxygens (including phenoxy) is 1. The van der Waals surface area contributed by atoms with Gasteiger partial charge in [0, 0.05) is 17.8 Å². The van der Waals surface area contributed by atoms with Crippen LogP contribution >= 0.6 is 0 Å². The van der Waals surface area contributed by atoms with E-state index < -0.39 is 30.7 Å². The highest BCUT2D eigenvalue weighted by molar-refractivity contribution is 5.96. The molecular weight excluding hydrogens is 317 g/mol. The van der Waals surface area contributed by atoms with Crippen molar-refractivity contribution in [3.63, 3.8) is 0 Å². The number of aliphatic carboxylic acids is 1. The van der Waals surface area contributed by atoms with Crippen LogP contribution in [0, 0.1) is 5.92 Å². The summed E-state index contributed by atoms with van der Waals surface area (Å²) in [5.41, 5.74) is -0.0354. The van der Waals surface area contributed by atoms with Crippen LogP contribution in [-0.4, -0.2) is 40.8 Å². The Morgan fingerprint density at radius 2 is 2.09 bits per heavy atom. The number of pyridine rings is 1. The van der Waals surface area contributed by atoms with Crippen molar-refractivity contribution in [1.29, 1.82) is 0 Å². The Kier molecular flexibility index (Phi) is 6.35. The quantitative estimate of drug-likeness (QED) is 0.798. The number of aromatic nitrogens is 1. The Morgan fingerprint density at radius 3 is 2.61 bits per heavy atom. The number of carboxylic acids is 1. The van der Waals surface area contributed by atoms with Gasteiger partial charge >= 0.3 is 12.1 Å². The lowest BCUT2D eigenvalue weighted by molar-refractivity contribution is -0.154. The molecule has 1 amide bonds. The van der Waals surface area contributed by atoms with Crippen LogP contribution < -0.4 is 10.1 Å². The highest BCUT2D eigenvalue weighted by atomic mass is 19.4. The van der Waals surface area contributed by atoms with Gasteiger partial charge in [0.05, 0.1) is 0 Å². The molecule has 0 fully saturated rings. The largest absolute Gasteiger partial charge is 0.480 e. The summed E-state index contributed by atoms with van der Waals surface area (Å²) in [5.74, 6) is -2.59. The van der Waals surface area contributed by atoms with Crippen molar-refractivity contribution in [2.24, 2.45) is 5.92 Å². The van der Waals surface area contributed by atoms with Gasteiger partial charge in [0.25, 0.3) is 5.91 Å². The molecule has 23 heavy (non-hydrogen) atoms. The molecule has 9 heteroatoms. The maximum atomic E-state index is 12.1. The number of carbonyl (C=O) groups excluding carboxylic acids is 1. The van der Waals surface area contributed by atoms with E-state index in [4.69, 9.17) is 5.11 Å². The molecule has 1 aromatic rings. The normalized spacial score (nSPS) is 14.0. The Morgan fingerprint density at radius 1 is 1.43 bits per heavy atom. The average Bonchev–Trinajstić information content (AvgIpc) is 2.49. The molecular formula is C14H17F3N2O4. The molecule has 1 heterocycles. The fraction of sp³-hybridized carbons (Fsp3) is 0.500. The highest BCUT2D eigenvalue weighted by Gasteiger charge is 2.29. The third-order valence-electron chi connectivity index (χ3n) is 3.15. The number of nitrogens with zero attached hydrogens (tertiary/aromatic N) is 1. The van der Waals surface area contributed by atoms with E-state index >= 15 is 0 Å². The zero-order valence-corrected chi connectivity index (χ0v) is 12.6. The maximum Gasteiger partial charge on any atom is 0.422 e. The molecule has 0 radical (unpaired) electrons. The Balaban J connectivity index is 2.81. The molecule has 0 aromatic carbocycles. The van der Waals surface area contributed by atoms with Crippen LogP contribution in [0.5, 0.6) is 5.88 Å². The van der Waals surface area contributed by atoms with Crippen molar-refractivity contribution in [1.82, 2.24) is 10.3 Å². The first kappa shape index (κ1) is 18.7. The minimum Gasteiger partial charge on any atom is -0.480 e. The number of hydrogen-bond donors (Lipinski definition) is 2. The first-order valence-electron chi connectivity index (χ1n) is 6.83. The molecule has 1 aromatic heterocycles. The fourth-order valence-electron chi connectivity index (χ4n) is 1.69. The van der Waals surface area contributed by atoms with E-state index in [-0.39, 0.29) is 17.4 Å². The zero-order chi connectivity index (χ0) is 17.6. The minimum absolute atomic E-state index is 0.0354. The summed E-state index contributed by atoms with van der Waals surface area (Å²) in [6, 6.07) is 1.18. The second kappa shape index (κ2) is 7.80. The van der Waals surface area contributed by atoms with Crippen molar-refractivity contribution in [3.8, 4) is 5.88 Å². The highest BCUT2D eigenvalue weighted by Crippen LogP contribution is 2.18. The van der Waals surface area contributed by atoms with E-state index in [1.54, 1.807) is 13.8 Å². The number of nitrogens with one attached hydrogen (secondary N) is 1. The molecule has 6 nitrogen and oxygen atoms in total. The molecule has 1 rings (SSSR count). The summed E-state index contributed by atoms with van der Waals surface area (Å²) in [4.78, 5) is 26.8. The van der Waals surface area contributed by atoms with E-state index in [0.717, 1.165) is 12.3 Å².